The number of hydrogen-bond donors (Lipinski definition) is 1. The number of hydrogen-bond acceptors (Lipinski definition) is 3. The first-order valence-corrected chi connectivity index (χ1v) is 6.09. The van der Waals surface area contributed by atoms with Gasteiger partial charge in [0.15, 0.2) is 0 Å². The van der Waals surface area contributed by atoms with Crippen molar-refractivity contribution < 1.29 is 9.21 Å². The van der Waals surface area contributed by atoms with Gasteiger partial charge < -0.3 is 14.3 Å². The van der Waals surface area contributed by atoms with Gasteiger partial charge in [-0.2, -0.15) is 0 Å². The molecule has 3 heterocycles. The van der Waals surface area contributed by atoms with E-state index in [4.69, 9.17) is 4.42 Å². The monoisotopic (exact) mass is 245 g/mol. The maximum Gasteiger partial charge on any atom is 0.255 e. The van der Waals surface area contributed by atoms with E-state index in [9.17, 15) is 4.79 Å². The van der Waals surface area contributed by atoms with Crippen molar-refractivity contribution in [3.05, 3.63) is 41.9 Å². The van der Waals surface area contributed by atoms with Crippen molar-refractivity contribution in [1.29, 1.82) is 0 Å². The van der Waals surface area contributed by atoms with E-state index in [0.29, 0.717) is 11.3 Å². The summed E-state index contributed by atoms with van der Waals surface area (Å²) in [6.07, 6.45) is 7.14. The highest BCUT2D eigenvalue weighted by Gasteiger charge is 2.21. The third-order valence-electron chi connectivity index (χ3n) is 3.37. The SMILES string of the molecule is Cc1occc1C(=O)N[C@@H]1CCc2nccn2C1. The van der Waals surface area contributed by atoms with Crippen molar-refractivity contribution in [2.45, 2.75) is 32.4 Å². The molecule has 1 aliphatic heterocycles. The fourth-order valence-electron chi connectivity index (χ4n) is 2.37. The molecule has 3 rings (SSSR count). The summed E-state index contributed by atoms with van der Waals surface area (Å²) in [5.41, 5.74) is 0.617. The molecule has 0 aromatic carbocycles. The van der Waals surface area contributed by atoms with E-state index in [-0.39, 0.29) is 11.9 Å². The van der Waals surface area contributed by atoms with Crippen molar-refractivity contribution in [2.75, 3.05) is 0 Å². The van der Waals surface area contributed by atoms with Crippen LogP contribution in [0.3, 0.4) is 0 Å². The predicted octanol–water partition coefficient (Wildman–Crippen LogP) is 1.53. The van der Waals surface area contributed by atoms with E-state index in [1.165, 1.54) is 0 Å². The molecule has 2 aromatic heterocycles. The van der Waals surface area contributed by atoms with Crippen LogP contribution < -0.4 is 5.32 Å². The average molecular weight is 245 g/mol. The van der Waals surface area contributed by atoms with Crippen LogP contribution in [0.1, 0.15) is 28.4 Å². The van der Waals surface area contributed by atoms with Crippen LogP contribution in [0.15, 0.2) is 29.1 Å². The highest BCUT2D eigenvalue weighted by molar-refractivity contribution is 5.95. The van der Waals surface area contributed by atoms with E-state index < -0.39 is 0 Å². The molecule has 1 aliphatic rings. The Morgan fingerprint density at radius 1 is 1.61 bits per heavy atom. The van der Waals surface area contributed by atoms with Crippen molar-refractivity contribution >= 4 is 5.91 Å². The second kappa shape index (κ2) is 4.33. The normalized spacial score (nSPS) is 18.4. The summed E-state index contributed by atoms with van der Waals surface area (Å²) in [6, 6.07) is 1.87. The second-order valence-electron chi connectivity index (χ2n) is 4.60. The van der Waals surface area contributed by atoms with Crippen LogP contribution in [-0.4, -0.2) is 21.5 Å². The van der Waals surface area contributed by atoms with Gasteiger partial charge in [-0.05, 0) is 19.4 Å². The Hall–Kier alpha value is -2.04. The number of furan rings is 1. The van der Waals surface area contributed by atoms with Gasteiger partial charge in [-0.25, -0.2) is 4.98 Å². The fourth-order valence-corrected chi connectivity index (χ4v) is 2.37. The van der Waals surface area contributed by atoms with Gasteiger partial charge in [0.25, 0.3) is 5.91 Å². The topological polar surface area (TPSA) is 60.1 Å². The van der Waals surface area contributed by atoms with Crippen molar-refractivity contribution in [2.24, 2.45) is 0 Å². The summed E-state index contributed by atoms with van der Waals surface area (Å²) in [4.78, 5) is 16.3. The molecule has 18 heavy (non-hydrogen) atoms. The highest BCUT2D eigenvalue weighted by atomic mass is 16.3. The lowest BCUT2D eigenvalue weighted by atomic mass is 10.1. The third-order valence-corrected chi connectivity index (χ3v) is 3.37. The molecular weight excluding hydrogens is 230 g/mol. The Balaban J connectivity index is 1.68. The van der Waals surface area contributed by atoms with Gasteiger partial charge in [-0.3, -0.25) is 4.79 Å². The van der Waals surface area contributed by atoms with Gasteiger partial charge in [-0.1, -0.05) is 0 Å². The Morgan fingerprint density at radius 3 is 3.28 bits per heavy atom. The van der Waals surface area contributed by atoms with Gasteiger partial charge in [0.1, 0.15) is 11.6 Å². The Bertz CT molecular complexity index is 570. The molecule has 0 saturated carbocycles. The number of nitrogens with one attached hydrogen (secondary N) is 1. The summed E-state index contributed by atoms with van der Waals surface area (Å²) in [5, 5.41) is 3.05. The van der Waals surface area contributed by atoms with Gasteiger partial charge in [0, 0.05) is 31.4 Å². The largest absolute Gasteiger partial charge is 0.469 e. The van der Waals surface area contributed by atoms with Crippen LogP contribution >= 0.6 is 0 Å². The summed E-state index contributed by atoms with van der Waals surface area (Å²) < 4.78 is 7.24. The van der Waals surface area contributed by atoms with E-state index in [1.807, 2.05) is 6.20 Å². The van der Waals surface area contributed by atoms with Gasteiger partial charge in [0.05, 0.1) is 11.8 Å². The number of aromatic nitrogens is 2. The van der Waals surface area contributed by atoms with Crippen LogP contribution in [-0.2, 0) is 13.0 Å². The first kappa shape index (κ1) is 11.1. The molecule has 0 aliphatic carbocycles. The maximum absolute atomic E-state index is 12.0. The molecule has 5 nitrogen and oxygen atoms in total. The van der Waals surface area contributed by atoms with Crippen molar-refractivity contribution in [3.63, 3.8) is 0 Å². The lowest BCUT2D eigenvalue weighted by Gasteiger charge is -2.24. The van der Waals surface area contributed by atoms with Gasteiger partial charge in [0.2, 0.25) is 0 Å². The van der Waals surface area contributed by atoms with E-state index >= 15 is 0 Å². The summed E-state index contributed by atoms with van der Waals surface area (Å²) in [6.45, 7) is 2.59. The molecule has 94 valence electrons. The minimum absolute atomic E-state index is 0.0604. The van der Waals surface area contributed by atoms with Crippen LogP contribution in [0, 0.1) is 6.92 Å². The minimum Gasteiger partial charge on any atom is -0.469 e. The van der Waals surface area contributed by atoms with Gasteiger partial charge >= 0.3 is 0 Å². The Kier molecular flexibility index (Phi) is 2.66. The van der Waals surface area contributed by atoms with Crippen molar-refractivity contribution in [1.82, 2.24) is 14.9 Å². The number of imidazole rings is 1. The molecule has 0 radical (unpaired) electrons. The second-order valence-corrected chi connectivity index (χ2v) is 4.60. The number of carbonyl (C=O) groups excluding carboxylic acids is 1. The van der Waals surface area contributed by atoms with E-state index in [2.05, 4.69) is 14.9 Å². The molecule has 1 N–H and O–H groups in total. The van der Waals surface area contributed by atoms with Gasteiger partial charge in [-0.15, -0.1) is 0 Å². The summed E-state index contributed by atoms with van der Waals surface area (Å²) in [5.74, 6) is 1.70. The molecule has 0 bridgehead atoms. The quantitative estimate of drug-likeness (QED) is 0.872. The molecular formula is C13H15N3O2. The average Bonchev–Trinajstić information content (AvgIpc) is 2.96. The number of nitrogens with zero attached hydrogens (tertiary/aromatic N) is 2. The zero-order chi connectivity index (χ0) is 12.5. The van der Waals surface area contributed by atoms with Crippen LogP contribution in [0.2, 0.25) is 0 Å². The predicted molar refractivity (Wildman–Crippen MR) is 65.2 cm³/mol. The molecule has 0 unspecified atom stereocenters. The lowest BCUT2D eigenvalue weighted by Crippen LogP contribution is -2.40. The smallest absolute Gasteiger partial charge is 0.255 e. The number of amides is 1. The molecule has 5 heteroatoms. The van der Waals surface area contributed by atoms with E-state index in [0.717, 1.165) is 25.2 Å². The molecule has 0 saturated heterocycles. The number of fused-ring (bicyclic) bond motifs is 1. The first-order valence-electron chi connectivity index (χ1n) is 6.09. The van der Waals surface area contributed by atoms with Crippen LogP contribution in [0.4, 0.5) is 0 Å². The molecule has 1 atom stereocenters. The zero-order valence-electron chi connectivity index (χ0n) is 10.2. The zero-order valence-corrected chi connectivity index (χ0v) is 10.2. The lowest BCUT2D eigenvalue weighted by molar-refractivity contribution is 0.0926. The number of aryl methyl sites for hydroxylation is 2. The summed E-state index contributed by atoms with van der Waals surface area (Å²) >= 11 is 0. The Labute approximate surface area is 105 Å². The number of rotatable bonds is 2. The fraction of sp³-hybridized carbons (Fsp3) is 0.385. The number of carbonyl (C=O) groups is 1. The molecule has 1 amide bonds. The molecule has 0 fully saturated rings. The highest BCUT2D eigenvalue weighted by Crippen LogP contribution is 2.14. The maximum atomic E-state index is 12.0. The molecule has 2 aromatic rings. The standard InChI is InChI=1S/C13H15N3O2/c1-9-11(4-7-18-9)13(17)15-10-2-3-12-14-5-6-16(12)8-10/h4-7,10H,2-3,8H2,1H3,(H,15,17)/t10-/m1/s1. The summed E-state index contributed by atoms with van der Waals surface area (Å²) in [7, 11) is 0. The van der Waals surface area contributed by atoms with E-state index in [1.54, 1.807) is 25.5 Å². The Morgan fingerprint density at radius 2 is 2.50 bits per heavy atom. The first-order chi connectivity index (χ1) is 8.74. The molecule has 0 spiro atoms. The minimum atomic E-state index is -0.0604. The third kappa shape index (κ3) is 1.92. The van der Waals surface area contributed by atoms with Crippen LogP contribution in [0.5, 0.6) is 0 Å². The van der Waals surface area contributed by atoms with Crippen LogP contribution in [0.25, 0.3) is 0 Å². The van der Waals surface area contributed by atoms with Crippen molar-refractivity contribution in [3.8, 4) is 0 Å².